The molecule has 0 radical (unpaired) electrons. The number of carbonyl (C=O) groups is 1. The molecule has 3 N–H and O–H groups in total. The Morgan fingerprint density at radius 3 is 2.41 bits per heavy atom. The fourth-order valence-corrected chi connectivity index (χ4v) is 1.31. The van der Waals surface area contributed by atoms with Crippen molar-refractivity contribution >= 4 is 11.7 Å². The second-order valence-corrected chi connectivity index (χ2v) is 3.77. The Labute approximate surface area is 100 Å². The maximum absolute atomic E-state index is 10.6. The van der Waals surface area contributed by atoms with E-state index in [-0.39, 0.29) is 5.71 Å². The average Bonchev–Trinajstić information content (AvgIpc) is 2.35. The van der Waals surface area contributed by atoms with E-state index in [0.717, 1.165) is 5.56 Å². The van der Waals surface area contributed by atoms with E-state index < -0.39 is 5.97 Å². The van der Waals surface area contributed by atoms with Crippen molar-refractivity contribution in [3.63, 3.8) is 0 Å². The van der Waals surface area contributed by atoms with E-state index in [1.807, 2.05) is 30.3 Å². The zero-order valence-corrected chi connectivity index (χ0v) is 9.95. The first-order chi connectivity index (χ1) is 8.02. The molecule has 1 aromatic rings. The maximum atomic E-state index is 10.6. The van der Waals surface area contributed by atoms with Crippen LogP contribution in [-0.4, -0.2) is 16.8 Å². The highest BCUT2D eigenvalue weighted by molar-refractivity contribution is 6.41. The summed E-state index contributed by atoms with van der Waals surface area (Å²) in [5.41, 5.74) is 1.90. The van der Waals surface area contributed by atoms with Crippen molar-refractivity contribution in [1.29, 1.82) is 5.41 Å². The minimum Gasteiger partial charge on any atom is -0.477 e. The fraction of sp³-hybridized carbons (Fsp3) is 0.231. The third kappa shape index (κ3) is 3.75. The minimum absolute atomic E-state index is 0.372. The number of allylic oxidation sites excluding steroid dienone is 1. The van der Waals surface area contributed by atoms with Crippen LogP contribution in [0.15, 0.2) is 41.6 Å². The first-order valence-corrected chi connectivity index (χ1v) is 5.30. The summed E-state index contributed by atoms with van der Waals surface area (Å²) in [6, 6.07) is 9.80. The molecule has 0 atom stereocenters. The summed E-state index contributed by atoms with van der Waals surface area (Å²) in [7, 11) is 0. The van der Waals surface area contributed by atoms with Crippen molar-refractivity contribution in [3.8, 4) is 0 Å². The van der Waals surface area contributed by atoms with Crippen LogP contribution in [0.5, 0.6) is 0 Å². The Balaban J connectivity index is 2.66. The van der Waals surface area contributed by atoms with Gasteiger partial charge >= 0.3 is 5.97 Å². The smallest absolute Gasteiger partial charge is 0.354 e. The second kappa shape index (κ2) is 5.84. The zero-order valence-electron chi connectivity index (χ0n) is 9.95. The predicted molar refractivity (Wildman–Crippen MR) is 67.0 cm³/mol. The number of carboxylic acids is 1. The molecule has 90 valence electrons. The summed E-state index contributed by atoms with van der Waals surface area (Å²) < 4.78 is 0. The Kier molecular flexibility index (Phi) is 4.46. The van der Waals surface area contributed by atoms with Crippen LogP contribution >= 0.6 is 0 Å². The van der Waals surface area contributed by atoms with Crippen LogP contribution in [0.4, 0.5) is 0 Å². The molecule has 17 heavy (non-hydrogen) atoms. The van der Waals surface area contributed by atoms with Gasteiger partial charge in [0.15, 0.2) is 0 Å². The lowest BCUT2D eigenvalue weighted by Crippen LogP contribution is -2.19. The van der Waals surface area contributed by atoms with Crippen LogP contribution in [0.2, 0.25) is 0 Å². The van der Waals surface area contributed by atoms with Crippen LogP contribution in [-0.2, 0) is 11.3 Å². The van der Waals surface area contributed by atoms with Crippen LogP contribution in [0.1, 0.15) is 19.4 Å². The largest absolute Gasteiger partial charge is 0.477 e. The quantitative estimate of drug-likeness (QED) is 0.681. The summed E-state index contributed by atoms with van der Waals surface area (Å²) in [5.74, 6) is -1.21. The fourth-order valence-electron chi connectivity index (χ4n) is 1.31. The van der Waals surface area contributed by atoms with Gasteiger partial charge in [-0.2, -0.15) is 0 Å². The van der Waals surface area contributed by atoms with Gasteiger partial charge in [-0.1, -0.05) is 30.3 Å². The van der Waals surface area contributed by atoms with Gasteiger partial charge in [-0.3, -0.25) is 5.41 Å². The van der Waals surface area contributed by atoms with Crippen LogP contribution in [0.25, 0.3) is 0 Å². The number of benzene rings is 1. The molecule has 0 heterocycles. The molecule has 0 aliphatic heterocycles. The van der Waals surface area contributed by atoms with Gasteiger partial charge in [0, 0.05) is 17.8 Å². The third-order valence-corrected chi connectivity index (χ3v) is 2.55. The number of carboxylic acid groups (broad SMARTS) is 1. The average molecular weight is 232 g/mol. The van der Waals surface area contributed by atoms with Gasteiger partial charge < -0.3 is 10.4 Å². The van der Waals surface area contributed by atoms with E-state index in [1.165, 1.54) is 0 Å². The van der Waals surface area contributed by atoms with E-state index in [4.69, 9.17) is 10.5 Å². The normalized spacial score (nSPS) is 11.6. The number of hydrogen-bond acceptors (Lipinski definition) is 3. The molecule has 0 spiro atoms. The number of hydrogen-bond donors (Lipinski definition) is 3. The monoisotopic (exact) mass is 232 g/mol. The zero-order chi connectivity index (χ0) is 12.8. The summed E-state index contributed by atoms with van der Waals surface area (Å²) in [6.45, 7) is 4.02. The molecule has 0 fully saturated rings. The standard InChI is InChI=1S/C13H16N2O2/c1-9(12(14)13(16)17)10(2)15-8-11-6-4-3-5-7-11/h3-7,14-15H,8H2,1-2H3,(H,16,17)/b10-9-,14-12?. The van der Waals surface area contributed by atoms with E-state index in [0.29, 0.717) is 17.8 Å². The molecule has 4 heteroatoms. The van der Waals surface area contributed by atoms with Crippen LogP contribution in [0, 0.1) is 5.41 Å². The van der Waals surface area contributed by atoms with Gasteiger partial charge in [-0.25, -0.2) is 4.79 Å². The third-order valence-electron chi connectivity index (χ3n) is 2.55. The van der Waals surface area contributed by atoms with Crippen molar-refractivity contribution in [2.24, 2.45) is 0 Å². The summed E-state index contributed by atoms with van der Waals surface area (Å²) >= 11 is 0. The molecular weight excluding hydrogens is 216 g/mol. The summed E-state index contributed by atoms with van der Waals surface area (Å²) in [4.78, 5) is 10.6. The van der Waals surface area contributed by atoms with Crippen molar-refractivity contribution in [3.05, 3.63) is 47.2 Å². The topological polar surface area (TPSA) is 73.2 Å². The Morgan fingerprint density at radius 1 is 1.29 bits per heavy atom. The highest BCUT2D eigenvalue weighted by Gasteiger charge is 2.11. The Hall–Kier alpha value is -2.10. The number of aliphatic carboxylic acids is 1. The number of nitrogens with one attached hydrogen (secondary N) is 2. The SMILES string of the molecule is C/C(NCc1ccccc1)=C(\C)C(=N)C(=O)O. The van der Waals surface area contributed by atoms with Crippen molar-refractivity contribution in [1.82, 2.24) is 5.32 Å². The molecule has 0 amide bonds. The van der Waals surface area contributed by atoms with E-state index in [9.17, 15) is 4.79 Å². The van der Waals surface area contributed by atoms with Crippen LogP contribution < -0.4 is 5.32 Å². The second-order valence-electron chi connectivity index (χ2n) is 3.77. The molecular formula is C13H16N2O2. The van der Waals surface area contributed by atoms with E-state index in [1.54, 1.807) is 13.8 Å². The molecule has 1 aromatic carbocycles. The van der Waals surface area contributed by atoms with Gasteiger partial charge in [0.2, 0.25) is 0 Å². The highest BCUT2D eigenvalue weighted by atomic mass is 16.4. The Bertz CT molecular complexity index is 450. The molecule has 0 aliphatic rings. The lowest BCUT2D eigenvalue weighted by molar-refractivity contribution is -0.129. The van der Waals surface area contributed by atoms with Crippen molar-refractivity contribution < 1.29 is 9.90 Å². The first-order valence-electron chi connectivity index (χ1n) is 5.30. The molecule has 0 aromatic heterocycles. The van der Waals surface area contributed by atoms with Gasteiger partial charge in [0.1, 0.15) is 5.71 Å². The van der Waals surface area contributed by atoms with Crippen molar-refractivity contribution in [2.75, 3.05) is 0 Å². The molecule has 0 bridgehead atoms. The lowest BCUT2D eigenvalue weighted by Gasteiger charge is -2.10. The molecule has 0 unspecified atom stereocenters. The Morgan fingerprint density at radius 2 is 1.88 bits per heavy atom. The van der Waals surface area contributed by atoms with Gasteiger partial charge in [-0.05, 0) is 19.4 Å². The van der Waals surface area contributed by atoms with Gasteiger partial charge in [0.25, 0.3) is 0 Å². The molecule has 1 rings (SSSR count). The predicted octanol–water partition coefficient (Wildman–Crippen LogP) is 2.17. The number of rotatable bonds is 5. The highest BCUT2D eigenvalue weighted by Crippen LogP contribution is 2.04. The molecule has 4 nitrogen and oxygen atoms in total. The molecule has 0 saturated carbocycles. The maximum Gasteiger partial charge on any atom is 0.354 e. The molecule has 0 aliphatic carbocycles. The summed E-state index contributed by atoms with van der Waals surface area (Å²) in [6.07, 6.45) is 0. The molecule has 0 saturated heterocycles. The van der Waals surface area contributed by atoms with Gasteiger partial charge in [0.05, 0.1) is 0 Å². The van der Waals surface area contributed by atoms with E-state index in [2.05, 4.69) is 5.32 Å². The van der Waals surface area contributed by atoms with Gasteiger partial charge in [-0.15, -0.1) is 0 Å². The first kappa shape index (κ1) is 13.0. The van der Waals surface area contributed by atoms with E-state index >= 15 is 0 Å². The summed E-state index contributed by atoms with van der Waals surface area (Å²) in [5, 5.41) is 19.2. The van der Waals surface area contributed by atoms with Crippen molar-refractivity contribution in [2.45, 2.75) is 20.4 Å². The lowest BCUT2D eigenvalue weighted by atomic mass is 10.1. The van der Waals surface area contributed by atoms with Crippen LogP contribution in [0.3, 0.4) is 0 Å². The minimum atomic E-state index is -1.21.